The molecule has 5 nitrogen and oxygen atoms in total. The summed E-state index contributed by atoms with van der Waals surface area (Å²) in [5.41, 5.74) is 3.04. The summed E-state index contributed by atoms with van der Waals surface area (Å²) in [6, 6.07) is 10.2. The molecule has 0 heterocycles. The average Bonchev–Trinajstić information content (AvgIpc) is 2.55. The molecule has 0 fully saturated rings. The number of ether oxygens (including phenoxy) is 1. The lowest BCUT2D eigenvalue weighted by Crippen LogP contribution is -2.25. The Kier molecular flexibility index (Phi) is 5.62. The van der Waals surface area contributed by atoms with Crippen LogP contribution in [0, 0.1) is 11.6 Å². The summed E-state index contributed by atoms with van der Waals surface area (Å²) in [5.74, 6) is -1.17. The van der Waals surface area contributed by atoms with Gasteiger partial charge in [0.15, 0.2) is 0 Å². The first kappa shape index (κ1) is 16.4. The molecular weight excluding hydrogens is 304 g/mol. The zero-order valence-electron chi connectivity index (χ0n) is 12.3. The first-order chi connectivity index (χ1) is 11.1. The second kappa shape index (κ2) is 7.88. The molecule has 2 rings (SSSR count). The number of carbonyl (C=O) groups is 1. The van der Waals surface area contributed by atoms with Crippen LogP contribution in [0.3, 0.4) is 0 Å². The van der Waals surface area contributed by atoms with Crippen LogP contribution in [0.4, 0.5) is 14.5 Å². The predicted molar refractivity (Wildman–Crippen MR) is 83.6 cm³/mol. The van der Waals surface area contributed by atoms with Gasteiger partial charge < -0.3 is 10.1 Å². The molecule has 0 bridgehead atoms. The second-order valence-corrected chi connectivity index (χ2v) is 4.54. The molecule has 0 aliphatic carbocycles. The first-order valence-corrected chi connectivity index (χ1v) is 6.73. The lowest BCUT2D eigenvalue weighted by molar-refractivity contribution is -0.119. The van der Waals surface area contributed by atoms with Crippen LogP contribution in [0.2, 0.25) is 0 Å². The van der Waals surface area contributed by atoms with Crippen LogP contribution in [-0.2, 0) is 4.79 Å². The van der Waals surface area contributed by atoms with Crippen molar-refractivity contribution in [1.82, 2.24) is 5.43 Å². The Morgan fingerprint density at radius 2 is 2.09 bits per heavy atom. The minimum Gasteiger partial charge on any atom is -0.497 e. The van der Waals surface area contributed by atoms with Gasteiger partial charge in [-0.05, 0) is 24.3 Å². The fraction of sp³-hybridized carbons (Fsp3) is 0.125. The van der Waals surface area contributed by atoms with Crippen LogP contribution in [0.25, 0.3) is 0 Å². The number of amides is 1. The highest BCUT2D eigenvalue weighted by atomic mass is 19.1. The molecule has 0 spiro atoms. The molecule has 7 heteroatoms. The third kappa shape index (κ3) is 5.06. The maximum Gasteiger partial charge on any atom is 0.259 e. The van der Waals surface area contributed by atoms with E-state index < -0.39 is 17.5 Å². The van der Waals surface area contributed by atoms with E-state index in [-0.39, 0.29) is 12.1 Å². The molecule has 0 aliphatic heterocycles. The molecule has 0 saturated heterocycles. The number of carbonyl (C=O) groups excluding carboxylic acids is 1. The van der Waals surface area contributed by atoms with E-state index in [4.69, 9.17) is 4.74 Å². The van der Waals surface area contributed by atoms with Crippen molar-refractivity contribution in [3.8, 4) is 5.75 Å². The number of hydrazone groups is 1. The van der Waals surface area contributed by atoms with Gasteiger partial charge in [0.05, 0.1) is 19.9 Å². The minimum absolute atomic E-state index is 0.0175. The Balaban J connectivity index is 1.83. The molecule has 0 aromatic heterocycles. The Morgan fingerprint density at radius 3 is 2.83 bits per heavy atom. The number of methoxy groups -OCH3 is 1. The average molecular weight is 319 g/mol. The highest BCUT2D eigenvalue weighted by Crippen LogP contribution is 2.16. The molecule has 120 valence electrons. The summed E-state index contributed by atoms with van der Waals surface area (Å²) in [6.45, 7) is -0.0175. The molecule has 2 N–H and O–H groups in total. The van der Waals surface area contributed by atoms with Gasteiger partial charge in [-0.3, -0.25) is 4.79 Å². The number of halogens is 2. The number of hydrogen-bond acceptors (Lipinski definition) is 4. The highest BCUT2D eigenvalue weighted by Gasteiger charge is 2.02. The van der Waals surface area contributed by atoms with Crippen molar-refractivity contribution in [2.45, 2.75) is 0 Å². The fourth-order valence-corrected chi connectivity index (χ4v) is 1.73. The van der Waals surface area contributed by atoms with Gasteiger partial charge in [-0.25, -0.2) is 14.2 Å². The van der Waals surface area contributed by atoms with Crippen molar-refractivity contribution in [1.29, 1.82) is 0 Å². The Morgan fingerprint density at radius 1 is 1.26 bits per heavy atom. The van der Waals surface area contributed by atoms with Crippen LogP contribution in [0.15, 0.2) is 47.6 Å². The lowest BCUT2D eigenvalue weighted by atomic mass is 10.2. The SMILES string of the molecule is COc1cccc(NCC(=O)N/N=C\c2ccc(F)cc2F)c1. The minimum atomic E-state index is -0.752. The monoisotopic (exact) mass is 319 g/mol. The smallest absolute Gasteiger partial charge is 0.259 e. The predicted octanol–water partition coefficient (Wildman–Crippen LogP) is 2.54. The Labute approximate surface area is 132 Å². The van der Waals surface area contributed by atoms with Gasteiger partial charge in [-0.1, -0.05) is 6.07 Å². The molecule has 0 atom stereocenters. The molecule has 0 aliphatic rings. The van der Waals surface area contributed by atoms with Crippen LogP contribution in [0.1, 0.15) is 5.56 Å². The summed E-state index contributed by atoms with van der Waals surface area (Å²) in [4.78, 5) is 11.6. The van der Waals surface area contributed by atoms with Gasteiger partial charge >= 0.3 is 0 Å². The van der Waals surface area contributed by atoms with E-state index in [1.54, 1.807) is 31.4 Å². The molecule has 0 unspecified atom stereocenters. The standard InChI is InChI=1S/C16H15F2N3O2/c1-23-14-4-2-3-13(8-14)19-10-16(22)21-20-9-11-5-6-12(17)7-15(11)18/h2-9,19H,10H2,1H3,(H,21,22)/b20-9-. The number of anilines is 1. The van der Waals surface area contributed by atoms with Crippen LogP contribution >= 0.6 is 0 Å². The maximum absolute atomic E-state index is 13.3. The van der Waals surface area contributed by atoms with E-state index in [1.165, 1.54) is 6.07 Å². The molecule has 23 heavy (non-hydrogen) atoms. The molecule has 2 aromatic carbocycles. The molecular formula is C16H15F2N3O2. The normalized spacial score (nSPS) is 10.6. The van der Waals surface area contributed by atoms with Crippen LogP contribution in [-0.4, -0.2) is 25.8 Å². The van der Waals surface area contributed by atoms with Gasteiger partial charge in [0.1, 0.15) is 17.4 Å². The summed E-state index contributed by atoms with van der Waals surface area (Å²) >= 11 is 0. The van der Waals surface area contributed by atoms with Gasteiger partial charge in [0.2, 0.25) is 0 Å². The largest absolute Gasteiger partial charge is 0.497 e. The first-order valence-electron chi connectivity index (χ1n) is 6.73. The number of hydrogen-bond donors (Lipinski definition) is 2. The van der Waals surface area contributed by atoms with Crippen LogP contribution in [0.5, 0.6) is 5.75 Å². The van der Waals surface area contributed by atoms with Crippen molar-refractivity contribution < 1.29 is 18.3 Å². The zero-order chi connectivity index (χ0) is 16.7. The molecule has 0 radical (unpaired) electrons. The van der Waals surface area contributed by atoms with Crippen molar-refractivity contribution in [3.05, 3.63) is 59.7 Å². The van der Waals surface area contributed by atoms with E-state index in [0.29, 0.717) is 11.4 Å². The number of rotatable bonds is 6. The molecule has 1 amide bonds. The van der Waals surface area contributed by atoms with Gasteiger partial charge in [-0.2, -0.15) is 5.10 Å². The second-order valence-electron chi connectivity index (χ2n) is 4.54. The fourth-order valence-electron chi connectivity index (χ4n) is 1.73. The van der Waals surface area contributed by atoms with E-state index in [1.807, 2.05) is 0 Å². The van der Waals surface area contributed by atoms with Crippen molar-refractivity contribution >= 4 is 17.8 Å². The summed E-state index contributed by atoms with van der Waals surface area (Å²) in [6.07, 6.45) is 1.11. The van der Waals surface area contributed by atoms with E-state index in [9.17, 15) is 13.6 Å². The quantitative estimate of drug-likeness (QED) is 0.635. The molecule has 2 aromatic rings. The summed E-state index contributed by atoms with van der Waals surface area (Å²) < 4.78 is 31.2. The van der Waals surface area contributed by atoms with Gasteiger partial charge in [0.25, 0.3) is 5.91 Å². The Hall–Kier alpha value is -2.96. The number of benzene rings is 2. The topological polar surface area (TPSA) is 62.7 Å². The Bertz CT molecular complexity index is 720. The molecule has 0 saturated carbocycles. The number of nitrogens with zero attached hydrogens (tertiary/aromatic N) is 1. The van der Waals surface area contributed by atoms with Crippen molar-refractivity contribution in [2.24, 2.45) is 5.10 Å². The lowest BCUT2D eigenvalue weighted by Gasteiger charge is -2.06. The maximum atomic E-state index is 13.3. The van der Waals surface area contributed by atoms with Crippen LogP contribution < -0.4 is 15.5 Å². The third-order valence-corrected chi connectivity index (χ3v) is 2.88. The zero-order valence-corrected chi connectivity index (χ0v) is 12.3. The third-order valence-electron chi connectivity index (χ3n) is 2.88. The van der Waals surface area contributed by atoms with E-state index in [0.717, 1.165) is 18.3 Å². The highest BCUT2D eigenvalue weighted by molar-refractivity contribution is 5.84. The van der Waals surface area contributed by atoms with E-state index in [2.05, 4.69) is 15.8 Å². The van der Waals surface area contributed by atoms with Gasteiger partial charge in [0, 0.05) is 23.4 Å². The number of nitrogens with one attached hydrogen (secondary N) is 2. The van der Waals surface area contributed by atoms with Crippen molar-refractivity contribution in [3.63, 3.8) is 0 Å². The van der Waals surface area contributed by atoms with E-state index >= 15 is 0 Å². The summed E-state index contributed by atoms with van der Waals surface area (Å²) in [7, 11) is 1.55. The van der Waals surface area contributed by atoms with Gasteiger partial charge in [-0.15, -0.1) is 0 Å². The summed E-state index contributed by atoms with van der Waals surface area (Å²) in [5, 5.41) is 6.52. The van der Waals surface area contributed by atoms with Crippen molar-refractivity contribution in [2.75, 3.05) is 19.0 Å².